The maximum atomic E-state index is 7.02. The van der Waals surface area contributed by atoms with Crippen molar-refractivity contribution in [2.24, 2.45) is 0 Å². The molecule has 1 aliphatic heterocycles. The number of hydrogen-bond acceptors (Lipinski definition) is 3. The quantitative estimate of drug-likeness (QED) is 0.152. The van der Waals surface area contributed by atoms with Gasteiger partial charge < -0.3 is 14.5 Å². The van der Waals surface area contributed by atoms with E-state index in [1.807, 2.05) is 0 Å². The SMILES string of the molecule is C1=Cc2ccccc2C(c2ccc(N(c3cc4c5c(cccc5c3)C3=C(C=CC(N(c5ccccc5)c5ccccc5)C3)O4)C3C=CC(c4cccc5ccccc45)=CC3)cc2)C1. The largest absolute Gasteiger partial charge is 0.456 e. The van der Waals surface area contributed by atoms with Crippen molar-refractivity contribution in [3.63, 3.8) is 0 Å². The van der Waals surface area contributed by atoms with Gasteiger partial charge in [-0.05, 0) is 111 Å². The highest BCUT2D eigenvalue weighted by atomic mass is 16.5. The smallest absolute Gasteiger partial charge is 0.137 e. The molecular weight excluding hydrogens is 765 g/mol. The number of para-hydroxylation sites is 2. The molecule has 3 nitrogen and oxygen atoms in total. The van der Waals surface area contributed by atoms with Crippen LogP contribution < -0.4 is 14.5 Å². The third kappa shape index (κ3) is 6.69. The Hall–Kier alpha value is -7.62. The van der Waals surface area contributed by atoms with E-state index in [2.05, 4.69) is 234 Å². The van der Waals surface area contributed by atoms with Gasteiger partial charge in [0.25, 0.3) is 0 Å². The van der Waals surface area contributed by atoms with Gasteiger partial charge in [-0.1, -0.05) is 170 Å². The van der Waals surface area contributed by atoms with Crippen LogP contribution in [0.3, 0.4) is 0 Å². The Bertz CT molecular complexity index is 3150. The van der Waals surface area contributed by atoms with Gasteiger partial charge in [-0.25, -0.2) is 0 Å². The minimum absolute atomic E-state index is 0.0939. The molecule has 0 saturated carbocycles. The summed E-state index contributed by atoms with van der Waals surface area (Å²) in [6, 6.07) is 66.6. The van der Waals surface area contributed by atoms with Crippen molar-refractivity contribution < 1.29 is 4.74 Å². The normalized spacial score (nSPS) is 18.4. The molecule has 3 heteroatoms. The van der Waals surface area contributed by atoms with Crippen LogP contribution in [0.25, 0.3) is 38.8 Å². The molecule has 0 spiro atoms. The number of ether oxygens (including phenoxy) is 1. The molecule has 63 heavy (non-hydrogen) atoms. The molecule has 1 heterocycles. The van der Waals surface area contributed by atoms with Gasteiger partial charge in [0.2, 0.25) is 0 Å². The molecule has 8 aromatic rings. The second-order valence-electron chi connectivity index (χ2n) is 17.1. The third-order valence-electron chi connectivity index (χ3n) is 13.5. The number of fused-ring (bicyclic) bond motifs is 3. The molecule has 0 fully saturated rings. The second-order valence-corrected chi connectivity index (χ2v) is 17.1. The average Bonchev–Trinajstić information content (AvgIpc) is 3.35. The molecule has 12 rings (SSSR count). The van der Waals surface area contributed by atoms with Crippen LogP contribution in [0.2, 0.25) is 0 Å². The number of anilines is 4. The summed E-state index contributed by atoms with van der Waals surface area (Å²) < 4.78 is 7.02. The molecule has 3 atom stereocenters. The summed E-state index contributed by atoms with van der Waals surface area (Å²) >= 11 is 0. The second kappa shape index (κ2) is 15.7. The number of benzene rings is 8. The fourth-order valence-corrected chi connectivity index (χ4v) is 10.5. The molecule has 0 radical (unpaired) electrons. The highest BCUT2D eigenvalue weighted by molar-refractivity contribution is 6.03. The molecule has 4 aliphatic rings. The van der Waals surface area contributed by atoms with Crippen molar-refractivity contribution >= 4 is 61.5 Å². The lowest BCUT2D eigenvalue weighted by atomic mass is 9.82. The van der Waals surface area contributed by atoms with Crippen LogP contribution in [-0.4, -0.2) is 12.1 Å². The van der Waals surface area contributed by atoms with Gasteiger partial charge in [0.15, 0.2) is 0 Å². The van der Waals surface area contributed by atoms with Crippen LogP contribution >= 0.6 is 0 Å². The van der Waals surface area contributed by atoms with Crippen molar-refractivity contribution in [3.8, 4) is 5.75 Å². The zero-order valence-electron chi connectivity index (χ0n) is 35.0. The van der Waals surface area contributed by atoms with E-state index in [1.54, 1.807) is 0 Å². The summed E-state index contributed by atoms with van der Waals surface area (Å²) in [4.78, 5) is 4.97. The van der Waals surface area contributed by atoms with E-state index >= 15 is 0 Å². The van der Waals surface area contributed by atoms with Crippen LogP contribution in [0.1, 0.15) is 53.0 Å². The van der Waals surface area contributed by atoms with Crippen molar-refractivity contribution in [1.29, 1.82) is 0 Å². The van der Waals surface area contributed by atoms with Gasteiger partial charge in [0.1, 0.15) is 11.5 Å². The summed E-state index contributed by atoms with van der Waals surface area (Å²) in [7, 11) is 0. The minimum Gasteiger partial charge on any atom is -0.456 e. The number of hydrogen-bond donors (Lipinski definition) is 0. The number of allylic oxidation sites excluding steroid dienone is 4. The van der Waals surface area contributed by atoms with Gasteiger partial charge >= 0.3 is 0 Å². The molecule has 3 aliphatic carbocycles. The van der Waals surface area contributed by atoms with Gasteiger partial charge in [0, 0.05) is 52.1 Å². The maximum absolute atomic E-state index is 7.02. The lowest BCUT2D eigenvalue weighted by Gasteiger charge is -2.37. The molecular formula is C60H46N2O. The van der Waals surface area contributed by atoms with Crippen molar-refractivity contribution in [2.75, 3.05) is 9.80 Å². The van der Waals surface area contributed by atoms with Crippen LogP contribution in [0.15, 0.2) is 224 Å². The lowest BCUT2D eigenvalue weighted by molar-refractivity contribution is 0.442. The summed E-state index contributed by atoms with van der Waals surface area (Å²) in [6.07, 6.45) is 19.0. The average molecular weight is 811 g/mol. The molecule has 0 amide bonds. The Morgan fingerprint density at radius 3 is 1.95 bits per heavy atom. The molecule has 8 aromatic carbocycles. The standard InChI is InChI=1S/C60H46N2O/c1-3-19-46(20-4-1)61(47-21-5-2-6-22-47)50-36-37-58-57(39-50)56-27-13-18-45-38-51(40-59(63-58)60(45)56)62(48-32-28-43(29-33-48)54-25-11-16-41-14-7-9-23-52(41)54)49-34-30-44(31-35-49)55-26-12-17-42-15-8-10-24-53(42)55/h1-25,27-32,34-38,40,48,50,55H,26,33,39H2. The van der Waals surface area contributed by atoms with Gasteiger partial charge in [0.05, 0.1) is 12.1 Å². The Balaban J connectivity index is 0.917. The van der Waals surface area contributed by atoms with Crippen LogP contribution in [0.5, 0.6) is 5.75 Å². The zero-order chi connectivity index (χ0) is 41.7. The van der Waals surface area contributed by atoms with E-state index in [0.717, 1.165) is 42.1 Å². The van der Waals surface area contributed by atoms with E-state index < -0.39 is 0 Å². The van der Waals surface area contributed by atoms with Crippen LogP contribution in [0.4, 0.5) is 22.7 Å². The fraction of sp³-hybridized carbons (Fsp3) is 0.100. The predicted octanol–water partition coefficient (Wildman–Crippen LogP) is 15.4. The summed E-state index contributed by atoms with van der Waals surface area (Å²) in [5.41, 5.74) is 13.7. The van der Waals surface area contributed by atoms with Crippen molar-refractivity contribution in [3.05, 3.63) is 252 Å². The fourth-order valence-electron chi connectivity index (χ4n) is 10.5. The first kappa shape index (κ1) is 37.2. The highest BCUT2D eigenvalue weighted by Crippen LogP contribution is 2.48. The monoisotopic (exact) mass is 810 g/mol. The maximum Gasteiger partial charge on any atom is 0.137 e. The van der Waals surface area contributed by atoms with Gasteiger partial charge in [-0.15, -0.1) is 0 Å². The van der Waals surface area contributed by atoms with E-state index in [9.17, 15) is 0 Å². The Morgan fingerprint density at radius 2 is 1.16 bits per heavy atom. The summed E-state index contributed by atoms with van der Waals surface area (Å²) in [5, 5.41) is 4.91. The predicted molar refractivity (Wildman–Crippen MR) is 264 cm³/mol. The third-order valence-corrected chi connectivity index (χ3v) is 13.5. The first-order valence-corrected chi connectivity index (χ1v) is 22.3. The van der Waals surface area contributed by atoms with Crippen LogP contribution in [0, 0.1) is 0 Å². The van der Waals surface area contributed by atoms with Crippen molar-refractivity contribution in [1.82, 2.24) is 0 Å². The molecule has 0 N–H and O–H groups in total. The Labute approximate surface area is 369 Å². The van der Waals surface area contributed by atoms with E-state index in [-0.39, 0.29) is 12.1 Å². The topological polar surface area (TPSA) is 15.7 Å². The summed E-state index contributed by atoms with van der Waals surface area (Å²) in [5.74, 6) is 2.17. The molecule has 302 valence electrons. The van der Waals surface area contributed by atoms with Crippen LogP contribution in [-0.2, 0) is 0 Å². The van der Waals surface area contributed by atoms with E-state index in [0.29, 0.717) is 5.92 Å². The Morgan fingerprint density at radius 1 is 0.492 bits per heavy atom. The highest BCUT2D eigenvalue weighted by Gasteiger charge is 2.31. The molecule has 0 aromatic heterocycles. The minimum atomic E-state index is 0.0939. The number of rotatable bonds is 8. The first-order valence-electron chi connectivity index (χ1n) is 22.3. The zero-order valence-corrected chi connectivity index (χ0v) is 35.0. The first-order chi connectivity index (χ1) is 31.2. The van der Waals surface area contributed by atoms with Gasteiger partial charge in [-0.2, -0.15) is 0 Å². The number of nitrogens with zero attached hydrogens (tertiary/aromatic N) is 2. The Kier molecular flexibility index (Phi) is 9.26. The van der Waals surface area contributed by atoms with E-state index in [4.69, 9.17) is 4.74 Å². The molecule has 0 saturated heterocycles. The molecule has 3 unspecified atom stereocenters. The van der Waals surface area contributed by atoms with E-state index in [1.165, 1.54) is 71.9 Å². The lowest BCUT2D eigenvalue weighted by Crippen LogP contribution is -2.32. The summed E-state index contributed by atoms with van der Waals surface area (Å²) in [6.45, 7) is 0. The van der Waals surface area contributed by atoms with Crippen molar-refractivity contribution in [2.45, 2.75) is 37.3 Å². The van der Waals surface area contributed by atoms with Gasteiger partial charge in [-0.3, -0.25) is 0 Å². The molecule has 0 bridgehead atoms.